The topological polar surface area (TPSA) is 95.6 Å². The Hall–Kier alpha value is -3.85. The summed E-state index contributed by atoms with van der Waals surface area (Å²) in [5, 5.41) is 6.99. The normalized spacial score (nSPS) is 10.6. The summed E-state index contributed by atoms with van der Waals surface area (Å²) in [5.41, 5.74) is 0.811. The molecular formula is C24H20BrN3O5. The first kappa shape index (κ1) is 22.3. The highest BCUT2D eigenvalue weighted by atomic mass is 79.9. The Morgan fingerprint density at radius 1 is 1.06 bits per heavy atom. The van der Waals surface area contributed by atoms with E-state index in [9.17, 15) is 9.59 Å². The zero-order valence-corrected chi connectivity index (χ0v) is 19.2. The van der Waals surface area contributed by atoms with Crippen molar-refractivity contribution in [2.24, 2.45) is 0 Å². The van der Waals surface area contributed by atoms with Crippen molar-refractivity contribution < 1.29 is 23.5 Å². The highest BCUT2D eigenvalue weighted by molar-refractivity contribution is 9.10. The Morgan fingerprint density at radius 3 is 2.55 bits per heavy atom. The second-order valence-corrected chi connectivity index (χ2v) is 7.75. The molecule has 4 rings (SSSR count). The molecule has 2 heterocycles. The van der Waals surface area contributed by atoms with Crippen molar-refractivity contribution in [3.63, 3.8) is 0 Å². The molecule has 0 saturated carbocycles. The molecule has 2 aromatic heterocycles. The minimum Gasteiger partial charge on any atom is -0.486 e. The number of ether oxygens (including phenoxy) is 2. The van der Waals surface area contributed by atoms with E-state index in [4.69, 9.17) is 13.9 Å². The van der Waals surface area contributed by atoms with Gasteiger partial charge in [-0.1, -0.05) is 34.1 Å². The molecule has 0 unspecified atom stereocenters. The number of esters is 1. The quantitative estimate of drug-likeness (QED) is 0.326. The lowest BCUT2D eigenvalue weighted by Crippen LogP contribution is -2.17. The number of para-hydroxylation sites is 1. The predicted molar refractivity (Wildman–Crippen MR) is 125 cm³/mol. The van der Waals surface area contributed by atoms with Crippen LogP contribution in [0.2, 0.25) is 0 Å². The molecule has 0 aliphatic carbocycles. The van der Waals surface area contributed by atoms with Crippen molar-refractivity contribution in [1.29, 1.82) is 0 Å². The molecule has 0 fully saturated rings. The number of amides is 1. The van der Waals surface area contributed by atoms with Crippen LogP contribution >= 0.6 is 15.9 Å². The number of nitrogens with one attached hydrogen (secondary N) is 1. The van der Waals surface area contributed by atoms with Gasteiger partial charge in [0, 0.05) is 4.47 Å². The van der Waals surface area contributed by atoms with Crippen LogP contribution in [-0.4, -0.2) is 28.3 Å². The fourth-order valence-electron chi connectivity index (χ4n) is 3.02. The van der Waals surface area contributed by atoms with Crippen LogP contribution in [0.25, 0.3) is 5.69 Å². The van der Waals surface area contributed by atoms with Crippen LogP contribution in [0.3, 0.4) is 0 Å². The first-order valence-electron chi connectivity index (χ1n) is 10.1. The van der Waals surface area contributed by atoms with Gasteiger partial charge in [-0.25, -0.2) is 9.48 Å². The highest BCUT2D eigenvalue weighted by Gasteiger charge is 2.23. The van der Waals surface area contributed by atoms with Crippen LogP contribution in [0.1, 0.15) is 33.6 Å². The van der Waals surface area contributed by atoms with E-state index in [1.165, 1.54) is 10.9 Å². The van der Waals surface area contributed by atoms with Gasteiger partial charge in [-0.15, -0.1) is 0 Å². The Balaban J connectivity index is 1.52. The largest absolute Gasteiger partial charge is 0.486 e. The zero-order valence-electron chi connectivity index (χ0n) is 17.7. The van der Waals surface area contributed by atoms with Crippen LogP contribution in [0.4, 0.5) is 5.82 Å². The van der Waals surface area contributed by atoms with E-state index < -0.39 is 11.9 Å². The Labute approximate surface area is 198 Å². The van der Waals surface area contributed by atoms with Gasteiger partial charge < -0.3 is 19.2 Å². The SMILES string of the molecule is CCOC(=O)c1cnn(-c2ccccc2)c1NC(=O)c1ccc(COc2ccc(Br)cc2)o1. The first-order chi connectivity index (χ1) is 16.0. The molecule has 33 heavy (non-hydrogen) atoms. The van der Waals surface area contributed by atoms with Crippen molar-refractivity contribution in [2.45, 2.75) is 13.5 Å². The number of hydrogen-bond acceptors (Lipinski definition) is 6. The van der Waals surface area contributed by atoms with Gasteiger partial charge in [0.25, 0.3) is 5.91 Å². The summed E-state index contributed by atoms with van der Waals surface area (Å²) >= 11 is 3.37. The van der Waals surface area contributed by atoms with Gasteiger partial charge in [-0.3, -0.25) is 4.79 Å². The van der Waals surface area contributed by atoms with E-state index in [2.05, 4.69) is 26.3 Å². The Kier molecular flexibility index (Phi) is 6.89. The van der Waals surface area contributed by atoms with Crippen molar-refractivity contribution in [3.8, 4) is 11.4 Å². The number of carbonyl (C=O) groups excluding carboxylic acids is 2. The number of benzene rings is 2. The molecular weight excluding hydrogens is 490 g/mol. The maximum Gasteiger partial charge on any atom is 0.343 e. The molecule has 0 aliphatic heterocycles. The molecule has 0 bridgehead atoms. The van der Waals surface area contributed by atoms with Gasteiger partial charge in [0.1, 0.15) is 23.7 Å². The lowest BCUT2D eigenvalue weighted by molar-refractivity contribution is 0.0527. The molecule has 0 spiro atoms. The van der Waals surface area contributed by atoms with E-state index >= 15 is 0 Å². The van der Waals surface area contributed by atoms with Crippen LogP contribution in [0.15, 0.2) is 81.8 Å². The minimum absolute atomic E-state index is 0.0695. The van der Waals surface area contributed by atoms with Gasteiger partial charge in [0.15, 0.2) is 11.6 Å². The van der Waals surface area contributed by atoms with E-state index in [0.717, 1.165) is 4.47 Å². The molecule has 9 heteroatoms. The smallest absolute Gasteiger partial charge is 0.343 e. The Morgan fingerprint density at radius 2 is 1.82 bits per heavy atom. The van der Waals surface area contributed by atoms with E-state index in [0.29, 0.717) is 17.2 Å². The zero-order chi connectivity index (χ0) is 23.2. The maximum absolute atomic E-state index is 12.9. The van der Waals surface area contributed by atoms with Crippen LogP contribution in [-0.2, 0) is 11.3 Å². The lowest BCUT2D eigenvalue weighted by Gasteiger charge is -2.10. The summed E-state index contributed by atoms with van der Waals surface area (Å²) in [6.45, 7) is 2.06. The number of halogens is 1. The summed E-state index contributed by atoms with van der Waals surface area (Å²) < 4.78 is 18.8. The molecule has 168 valence electrons. The molecule has 1 amide bonds. The molecule has 0 radical (unpaired) electrons. The summed E-state index contributed by atoms with van der Waals surface area (Å²) in [4.78, 5) is 25.3. The second kappa shape index (κ2) is 10.2. The molecule has 0 saturated heterocycles. The number of furan rings is 1. The number of nitrogens with zero attached hydrogens (tertiary/aromatic N) is 2. The van der Waals surface area contributed by atoms with Crippen molar-refractivity contribution in [2.75, 3.05) is 11.9 Å². The van der Waals surface area contributed by atoms with Gasteiger partial charge in [0.2, 0.25) is 0 Å². The summed E-state index contributed by atoms with van der Waals surface area (Å²) in [6, 6.07) is 19.7. The standard InChI is InChI=1S/C24H20BrN3O5/c1-2-31-24(30)20-14-26-28(17-6-4-3-5-7-17)22(20)27-23(29)21-13-12-19(33-21)15-32-18-10-8-16(25)9-11-18/h3-14H,2,15H2,1H3,(H,27,29). The lowest BCUT2D eigenvalue weighted by atomic mass is 10.3. The summed E-state index contributed by atoms with van der Waals surface area (Å²) in [7, 11) is 0. The maximum atomic E-state index is 12.9. The van der Waals surface area contributed by atoms with Gasteiger partial charge in [-0.05, 0) is 55.5 Å². The monoisotopic (exact) mass is 509 g/mol. The third-order valence-electron chi connectivity index (χ3n) is 4.58. The summed E-state index contributed by atoms with van der Waals surface area (Å²) in [6.07, 6.45) is 1.36. The molecule has 1 N–H and O–H groups in total. The fourth-order valence-corrected chi connectivity index (χ4v) is 3.29. The molecule has 8 nitrogen and oxygen atoms in total. The molecule has 0 atom stereocenters. The number of anilines is 1. The van der Waals surface area contributed by atoms with E-state index in [1.807, 2.05) is 54.6 Å². The Bertz CT molecular complexity index is 1250. The van der Waals surface area contributed by atoms with Crippen molar-refractivity contribution >= 4 is 33.6 Å². The van der Waals surface area contributed by atoms with Gasteiger partial charge in [-0.2, -0.15) is 5.10 Å². The van der Waals surface area contributed by atoms with Gasteiger partial charge in [0.05, 0.1) is 18.5 Å². The van der Waals surface area contributed by atoms with Crippen molar-refractivity contribution in [1.82, 2.24) is 9.78 Å². The van der Waals surface area contributed by atoms with Crippen LogP contribution in [0, 0.1) is 0 Å². The summed E-state index contributed by atoms with van der Waals surface area (Å²) in [5.74, 6) is 0.288. The average Bonchev–Trinajstić information content (AvgIpc) is 3.47. The molecule has 0 aliphatic rings. The van der Waals surface area contributed by atoms with Gasteiger partial charge >= 0.3 is 5.97 Å². The van der Waals surface area contributed by atoms with Crippen LogP contribution < -0.4 is 10.1 Å². The minimum atomic E-state index is -0.585. The predicted octanol–water partition coefficient (Wildman–Crippen LogP) is 5.24. The number of aromatic nitrogens is 2. The highest BCUT2D eigenvalue weighted by Crippen LogP contribution is 2.23. The first-order valence-corrected chi connectivity index (χ1v) is 10.9. The average molecular weight is 510 g/mol. The number of carbonyl (C=O) groups is 2. The number of rotatable bonds is 8. The fraction of sp³-hybridized carbons (Fsp3) is 0.125. The van der Waals surface area contributed by atoms with Crippen LogP contribution in [0.5, 0.6) is 5.75 Å². The molecule has 4 aromatic rings. The molecule has 2 aromatic carbocycles. The number of hydrogen-bond donors (Lipinski definition) is 1. The second-order valence-electron chi connectivity index (χ2n) is 6.84. The van der Waals surface area contributed by atoms with E-state index in [-0.39, 0.29) is 30.4 Å². The van der Waals surface area contributed by atoms with E-state index in [1.54, 1.807) is 19.1 Å². The third kappa shape index (κ3) is 5.32. The van der Waals surface area contributed by atoms with Crippen molar-refractivity contribution in [3.05, 3.63) is 94.5 Å². The third-order valence-corrected chi connectivity index (χ3v) is 5.11.